The van der Waals surface area contributed by atoms with E-state index in [0.29, 0.717) is 5.41 Å². The molecule has 3 fully saturated rings. The third-order valence-corrected chi connectivity index (χ3v) is 6.31. The molecule has 0 unspecified atom stereocenters. The van der Waals surface area contributed by atoms with Gasteiger partial charge in [0.15, 0.2) is 5.96 Å². The van der Waals surface area contributed by atoms with Crippen LogP contribution >= 0.6 is 24.0 Å². The fourth-order valence-corrected chi connectivity index (χ4v) is 4.22. The first-order chi connectivity index (χ1) is 13.3. The molecule has 3 aliphatic rings. The molecule has 0 spiro atoms. The van der Waals surface area contributed by atoms with Gasteiger partial charge in [0.1, 0.15) is 0 Å². The van der Waals surface area contributed by atoms with E-state index >= 15 is 0 Å². The Kier molecular flexibility index (Phi) is 8.00. The second-order valence-corrected chi connectivity index (χ2v) is 8.34. The Morgan fingerprint density at radius 3 is 2.50 bits per heavy atom. The van der Waals surface area contributed by atoms with Gasteiger partial charge in [0.2, 0.25) is 0 Å². The summed E-state index contributed by atoms with van der Waals surface area (Å²) in [7, 11) is 0. The lowest BCUT2D eigenvalue weighted by Crippen LogP contribution is -2.40. The Morgan fingerprint density at radius 2 is 1.86 bits per heavy atom. The van der Waals surface area contributed by atoms with Crippen molar-refractivity contribution in [3.8, 4) is 0 Å². The van der Waals surface area contributed by atoms with Crippen molar-refractivity contribution >= 4 is 29.9 Å². The number of hydrogen-bond donors (Lipinski definition) is 2. The zero-order valence-electron chi connectivity index (χ0n) is 17.1. The average molecular weight is 498 g/mol. The van der Waals surface area contributed by atoms with Gasteiger partial charge in [-0.3, -0.25) is 4.90 Å². The minimum absolute atomic E-state index is 0. The van der Waals surface area contributed by atoms with Gasteiger partial charge in [-0.25, -0.2) is 4.99 Å². The van der Waals surface area contributed by atoms with Gasteiger partial charge in [0.05, 0.1) is 19.8 Å². The second-order valence-electron chi connectivity index (χ2n) is 8.34. The Balaban J connectivity index is 0.00000225. The van der Waals surface area contributed by atoms with Crippen LogP contribution in [0.2, 0.25) is 0 Å². The van der Waals surface area contributed by atoms with E-state index in [2.05, 4.69) is 46.7 Å². The van der Waals surface area contributed by atoms with E-state index in [1.54, 1.807) is 0 Å². The van der Waals surface area contributed by atoms with E-state index in [0.717, 1.165) is 64.4 Å². The molecule has 2 saturated carbocycles. The van der Waals surface area contributed by atoms with Crippen LogP contribution in [0, 0.1) is 11.3 Å². The fourth-order valence-electron chi connectivity index (χ4n) is 4.22. The highest BCUT2D eigenvalue weighted by Crippen LogP contribution is 2.60. The van der Waals surface area contributed by atoms with Crippen LogP contribution < -0.4 is 10.6 Å². The molecule has 1 aliphatic heterocycles. The van der Waals surface area contributed by atoms with E-state index in [1.807, 2.05) is 0 Å². The molecule has 0 radical (unpaired) electrons. The molecule has 0 bridgehead atoms. The molecule has 1 heterocycles. The summed E-state index contributed by atoms with van der Waals surface area (Å²) < 4.78 is 5.47. The van der Waals surface area contributed by atoms with Gasteiger partial charge in [-0.1, -0.05) is 24.3 Å². The van der Waals surface area contributed by atoms with Crippen molar-refractivity contribution in [1.29, 1.82) is 0 Å². The Labute approximate surface area is 186 Å². The topological polar surface area (TPSA) is 48.9 Å². The zero-order chi connectivity index (χ0) is 18.5. The van der Waals surface area contributed by atoms with Crippen LogP contribution in [0.3, 0.4) is 0 Å². The average Bonchev–Trinajstić information content (AvgIpc) is 3.59. The predicted molar refractivity (Wildman–Crippen MR) is 125 cm³/mol. The molecule has 6 heteroatoms. The standard InChI is InChI=1S/C22H34N4O.HI/c1-2-23-21(25-17-22(9-10-22)20-7-8-20)24-15-18-5-3-4-6-19(18)16-26-11-13-27-14-12-26;/h3-6,20H,2,7-17H2,1H3,(H2,23,24,25);1H. The maximum absolute atomic E-state index is 5.47. The van der Waals surface area contributed by atoms with Crippen LogP contribution in [0.1, 0.15) is 43.7 Å². The van der Waals surface area contributed by atoms with Gasteiger partial charge < -0.3 is 15.4 Å². The van der Waals surface area contributed by atoms with Crippen molar-refractivity contribution in [2.75, 3.05) is 39.4 Å². The number of halogens is 1. The van der Waals surface area contributed by atoms with E-state index < -0.39 is 0 Å². The fraction of sp³-hybridized carbons (Fsp3) is 0.682. The van der Waals surface area contributed by atoms with E-state index in [1.165, 1.54) is 36.8 Å². The number of ether oxygens (including phenoxy) is 1. The molecule has 0 aromatic heterocycles. The van der Waals surface area contributed by atoms with E-state index in [4.69, 9.17) is 9.73 Å². The van der Waals surface area contributed by atoms with Gasteiger partial charge in [0, 0.05) is 32.7 Å². The summed E-state index contributed by atoms with van der Waals surface area (Å²) in [6.07, 6.45) is 5.66. The Bertz CT molecular complexity index is 652. The van der Waals surface area contributed by atoms with Gasteiger partial charge in [-0.15, -0.1) is 24.0 Å². The number of nitrogens with zero attached hydrogens (tertiary/aromatic N) is 2. The second kappa shape index (κ2) is 10.3. The van der Waals surface area contributed by atoms with Crippen LogP contribution in [0.25, 0.3) is 0 Å². The molecule has 28 heavy (non-hydrogen) atoms. The van der Waals surface area contributed by atoms with Crippen LogP contribution in [0.4, 0.5) is 0 Å². The number of hydrogen-bond acceptors (Lipinski definition) is 3. The maximum atomic E-state index is 5.47. The number of aliphatic imine (C=N–C) groups is 1. The summed E-state index contributed by atoms with van der Waals surface area (Å²) in [5.41, 5.74) is 3.30. The molecule has 0 atom stereocenters. The highest BCUT2D eigenvalue weighted by Gasteiger charge is 2.53. The highest BCUT2D eigenvalue weighted by atomic mass is 127. The van der Waals surface area contributed by atoms with Gasteiger partial charge in [0.25, 0.3) is 0 Å². The lowest BCUT2D eigenvalue weighted by Gasteiger charge is -2.27. The van der Waals surface area contributed by atoms with Crippen molar-refractivity contribution < 1.29 is 4.74 Å². The van der Waals surface area contributed by atoms with Crippen molar-refractivity contribution in [1.82, 2.24) is 15.5 Å². The van der Waals surface area contributed by atoms with Gasteiger partial charge >= 0.3 is 0 Å². The lowest BCUT2D eigenvalue weighted by molar-refractivity contribution is 0.0341. The predicted octanol–water partition coefficient (Wildman–Crippen LogP) is 3.38. The Hall–Kier alpha value is -0.860. The highest BCUT2D eigenvalue weighted by molar-refractivity contribution is 14.0. The minimum atomic E-state index is 0. The van der Waals surface area contributed by atoms with Gasteiger partial charge in [-0.2, -0.15) is 0 Å². The first kappa shape index (κ1) is 21.8. The normalized spacial score (nSPS) is 21.7. The third-order valence-electron chi connectivity index (χ3n) is 6.31. The molecule has 2 aliphatic carbocycles. The number of rotatable bonds is 8. The first-order valence-electron chi connectivity index (χ1n) is 10.7. The number of guanidine groups is 1. The summed E-state index contributed by atoms with van der Waals surface area (Å²) in [5.74, 6) is 1.94. The van der Waals surface area contributed by atoms with Crippen LogP contribution in [0.15, 0.2) is 29.3 Å². The number of morpholine rings is 1. The van der Waals surface area contributed by atoms with Crippen LogP contribution in [0.5, 0.6) is 0 Å². The molecule has 2 N–H and O–H groups in total. The lowest BCUT2D eigenvalue weighted by atomic mass is 10.0. The molecule has 1 saturated heterocycles. The molecular formula is C22H35IN4O. The van der Waals surface area contributed by atoms with Crippen molar-refractivity contribution in [3.05, 3.63) is 35.4 Å². The summed E-state index contributed by atoms with van der Waals surface area (Å²) in [4.78, 5) is 7.37. The van der Waals surface area contributed by atoms with Crippen LogP contribution in [-0.4, -0.2) is 50.3 Å². The SMILES string of the molecule is CCNC(=NCc1ccccc1CN1CCOCC1)NCC1(C2CC2)CC1.I. The summed E-state index contributed by atoms with van der Waals surface area (Å²) in [5, 5.41) is 7.05. The quantitative estimate of drug-likeness (QED) is 0.328. The zero-order valence-corrected chi connectivity index (χ0v) is 19.4. The van der Waals surface area contributed by atoms with Crippen molar-refractivity contribution in [2.45, 2.75) is 45.7 Å². The largest absolute Gasteiger partial charge is 0.379 e. The number of benzene rings is 1. The maximum Gasteiger partial charge on any atom is 0.191 e. The number of nitrogens with one attached hydrogen (secondary N) is 2. The monoisotopic (exact) mass is 498 g/mol. The minimum Gasteiger partial charge on any atom is -0.379 e. The first-order valence-corrected chi connectivity index (χ1v) is 10.7. The molecule has 4 rings (SSSR count). The van der Waals surface area contributed by atoms with Crippen LogP contribution in [-0.2, 0) is 17.8 Å². The summed E-state index contributed by atoms with van der Waals surface area (Å²) >= 11 is 0. The summed E-state index contributed by atoms with van der Waals surface area (Å²) in [6, 6.07) is 8.72. The molecule has 5 nitrogen and oxygen atoms in total. The van der Waals surface area contributed by atoms with E-state index in [-0.39, 0.29) is 24.0 Å². The molecule has 0 amide bonds. The van der Waals surface area contributed by atoms with Crippen molar-refractivity contribution in [3.63, 3.8) is 0 Å². The van der Waals surface area contributed by atoms with Gasteiger partial charge in [-0.05, 0) is 55.1 Å². The Morgan fingerprint density at radius 1 is 1.14 bits per heavy atom. The third kappa shape index (κ3) is 5.83. The molecular weight excluding hydrogens is 463 g/mol. The summed E-state index contributed by atoms with van der Waals surface area (Å²) in [6.45, 7) is 9.56. The van der Waals surface area contributed by atoms with Crippen molar-refractivity contribution in [2.24, 2.45) is 16.3 Å². The molecule has 1 aromatic carbocycles. The molecule has 1 aromatic rings. The smallest absolute Gasteiger partial charge is 0.191 e. The van der Waals surface area contributed by atoms with E-state index in [9.17, 15) is 0 Å². The molecule has 156 valence electrons.